The molecular formula is C12H22N2O. The van der Waals surface area contributed by atoms with Gasteiger partial charge in [0.2, 0.25) is 5.91 Å². The van der Waals surface area contributed by atoms with Gasteiger partial charge in [-0.25, -0.2) is 0 Å². The summed E-state index contributed by atoms with van der Waals surface area (Å²) in [6.07, 6.45) is 4.92. The number of hydrogen-bond donors (Lipinski definition) is 1. The Morgan fingerprint density at radius 1 is 1.40 bits per heavy atom. The van der Waals surface area contributed by atoms with Crippen molar-refractivity contribution in [2.24, 2.45) is 5.92 Å². The van der Waals surface area contributed by atoms with E-state index in [0.29, 0.717) is 24.5 Å². The monoisotopic (exact) mass is 210 g/mol. The predicted octanol–water partition coefficient (Wildman–Crippen LogP) is 1.39. The minimum atomic E-state index is 0.293. The average Bonchev–Trinajstić information content (AvgIpc) is 3.10. The molecule has 2 aliphatic carbocycles. The van der Waals surface area contributed by atoms with Crippen molar-refractivity contribution in [1.82, 2.24) is 10.2 Å². The first-order chi connectivity index (χ1) is 7.26. The summed E-state index contributed by atoms with van der Waals surface area (Å²) in [6.45, 7) is 5.71. The lowest BCUT2D eigenvalue weighted by atomic mass is 10.3. The van der Waals surface area contributed by atoms with Crippen LogP contribution < -0.4 is 5.32 Å². The maximum atomic E-state index is 11.8. The van der Waals surface area contributed by atoms with Crippen LogP contribution in [0.5, 0.6) is 0 Å². The Labute approximate surface area is 92.2 Å². The largest absolute Gasteiger partial charge is 0.339 e. The highest BCUT2D eigenvalue weighted by molar-refractivity contribution is 5.79. The van der Waals surface area contributed by atoms with Crippen LogP contribution in [-0.4, -0.2) is 36.0 Å². The number of nitrogens with zero attached hydrogens (tertiary/aromatic N) is 1. The van der Waals surface area contributed by atoms with Gasteiger partial charge in [0.15, 0.2) is 0 Å². The Morgan fingerprint density at radius 3 is 2.60 bits per heavy atom. The van der Waals surface area contributed by atoms with Gasteiger partial charge < -0.3 is 10.2 Å². The number of nitrogens with one attached hydrogen (secondary N) is 1. The van der Waals surface area contributed by atoms with Crippen molar-refractivity contribution in [3.05, 3.63) is 0 Å². The summed E-state index contributed by atoms with van der Waals surface area (Å²) in [7, 11) is 0. The lowest BCUT2D eigenvalue weighted by Crippen LogP contribution is -2.40. The molecule has 3 heteroatoms. The quantitative estimate of drug-likeness (QED) is 0.718. The van der Waals surface area contributed by atoms with Gasteiger partial charge >= 0.3 is 0 Å². The first-order valence-electron chi connectivity index (χ1n) is 6.29. The van der Waals surface area contributed by atoms with Crippen molar-refractivity contribution >= 4 is 5.91 Å². The second-order valence-corrected chi connectivity index (χ2v) is 4.80. The Balaban J connectivity index is 1.67. The third kappa shape index (κ3) is 2.71. The minimum absolute atomic E-state index is 0.293. The van der Waals surface area contributed by atoms with Crippen LogP contribution in [0.1, 0.15) is 39.5 Å². The topological polar surface area (TPSA) is 32.3 Å². The number of carbonyl (C=O) groups is 1. The van der Waals surface area contributed by atoms with Crippen LogP contribution in [0.3, 0.4) is 0 Å². The van der Waals surface area contributed by atoms with Crippen molar-refractivity contribution in [2.45, 2.75) is 51.6 Å². The summed E-state index contributed by atoms with van der Waals surface area (Å²) in [5.41, 5.74) is 0. The lowest BCUT2D eigenvalue weighted by molar-refractivity contribution is -0.130. The number of carbonyl (C=O) groups excluding carboxylic acids is 1. The number of amides is 1. The van der Waals surface area contributed by atoms with E-state index in [1.807, 2.05) is 4.90 Å². The van der Waals surface area contributed by atoms with Crippen molar-refractivity contribution < 1.29 is 4.79 Å². The van der Waals surface area contributed by atoms with E-state index in [1.165, 1.54) is 25.7 Å². The van der Waals surface area contributed by atoms with Crippen LogP contribution >= 0.6 is 0 Å². The smallest absolute Gasteiger partial charge is 0.236 e. The number of hydrogen-bond acceptors (Lipinski definition) is 2. The molecule has 2 unspecified atom stereocenters. The van der Waals surface area contributed by atoms with Crippen LogP contribution in [0.2, 0.25) is 0 Å². The van der Waals surface area contributed by atoms with Crippen molar-refractivity contribution in [1.29, 1.82) is 0 Å². The van der Waals surface area contributed by atoms with E-state index in [0.717, 1.165) is 12.5 Å². The minimum Gasteiger partial charge on any atom is -0.339 e. The van der Waals surface area contributed by atoms with Crippen LogP contribution in [0.15, 0.2) is 0 Å². The van der Waals surface area contributed by atoms with Gasteiger partial charge in [-0.15, -0.1) is 0 Å². The number of rotatable bonds is 6. The van der Waals surface area contributed by atoms with E-state index in [9.17, 15) is 4.79 Å². The first kappa shape index (κ1) is 10.9. The summed E-state index contributed by atoms with van der Waals surface area (Å²) < 4.78 is 0. The fourth-order valence-electron chi connectivity index (χ4n) is 2.29. The average molecular weight is 210 g/mol. The highest BCUT2D eigenvalue weighted by atomic mass is 16.2. The molecule has 0 bridgehead atoms. The molecule has 2 saturated carbocycles. The molecule has 0 aromatic rings. The third-order valence-electron chi connectivity index (χ3n) is 3.61. The third-order valence-corrected chi connectivity index (χ3v) is 3.61. The summed E-state index contributed by atoms with van der Waals surface area (Å²) in [5, 5.41) is 3.36. The number of likely N-dealkylation sites (N-methyl/N-ethyl adjacent to an activating group) is 1. The Bertz CT molecular complexity index is 238. The summed E-state index contributed by atoms with van der Waals surface area (Å²) >= 11 is 0. The molecule has 2 fully saturated rings. The van der Waals surface area contributed by atoms with E-state index in [4.69, 9.17) is 0 Å². The van der Waals surface area contributed by atoms with Gasteiger partial charge in [-0.3, -0.25) is 4.79 Å². The summed E-state index contributed by atoms with van der Waals surface area (Å²) in [6, 6.07) is 1.18. The van der Waals surface area contributed by atoms with Crippen molar-refractivity contribution in [3.8, 4) is 0 Å². The van der Waals surface area contributed by atoms with Gasteiger partial charge in [0.05, 0.1) is 6.54 Å². The van der Waals surface area contributed by atoms with Crippen LogP contribution in [-0.2, 0) is 4.79 Å². The standard InChI is InChI=1S/C12H22N2O/c1-3-9-7-11(9)13-8-12(15)14(4-2)10-5-6-10/h9-11,13H,3-8H2,1-2H3. The molecule has 2 atom stereocenters. The fraction of sp³-hybridized carbons (Fsp3) is 0.917. The predicted molar refractivity (Wildman–Crippen MR) is 60.6 cm³/mol. The molecule has 3 nitrogen and oxygen atoms in total. The SMILES string of the molecule is CCC1CC1NCC(=O)N(CC)C1CC1. The lowest BCUT2D eigenvalue weighted by Gasteiger charge is -2.20. The Morgan fingerprint density at radius 2 is 2.13 bits per heavy atom. The van der Waals surface area contributed by atoms with E-state index < -0.39 is 0 Å². The van der Waals surface area contributed by atoms with E-state index >= 15 is 0 Å². The molecule has 0 aromatic heterocycles. The van der Waals surface area contributed by atoms with Gasteiger partial charge in [-0.2, -0.15) is 0 Å². The molecule has 0 aromatic carbocycles. The fourth-order valence-corrected chi connectivity index (χ4v) is 2.29. The maximum absolute atomic E-state index is 11.8. The molecule has 2 aliphatic rings. The molecule has 15 heavy (non-hydrogen) atoms. The van der Waals surface area contributed by atoms with E-state index in [2.05, 4.69) is 19.2 Å². The second kappa shape index (κ2) is 4.52. The molecule has 2 rings (SSSR count). The van der Waals surface area contributed by atoms with Gasteiger partial charge in [0.1, 0.15) is 0 Å². The highest BCUT2D eigenvalue weighted by Gasteiger charge is 2.36. The van der Waals surface area contributed by atoms with Gasteiger partial charge in [-0.1, -0.05) is 13.3 Å². The molecule has 0 saturated heterocycles. The van der Waals surface area contributed by atoms with Gasteiger partial charge in [-0.05, 0) is 32.1 Å². The molecule has 1 amide bonds. The van der Waals surface area contributed by atoms with Crippen molar-refractivity contribution in [3.63, 3.8) is 0 Å². The molecule has 0 spiro atoms. The van der Waals surface area contributed by atoms with Crippen LogP contribution in [0.4, 0.5) is 0 Å². The van der Waals surface area contributed by atoms with Gasteiger partial charge in [0, 0.05) is 18.6 Å². The van der Waals surface area contributed by atoms with E-state index in [1.54, 1.807) is 0 Å². The first-order valence-corrected chi connectivity index (χ1v) is 6.29. The highest BCUT2D eigenvalue weighted by Crippen LogP contribution is 2.33. The Hall–Kier alpha value is -0.570. The molecule has 0 aliphatic heterocycles. The zero-order valence-corrected chi connectivity index (χ0v) is 9.83. The van der Waals surface area contributed by atoms with Crippen LogP contribution in [0.25, 0.3) is 0 Å². The summed E-state index contributed by atoms with van der Waals surface area (Å²) in [4.78, 5) is 13.9. The molecule has 0 heterocycles. The van der Waals surface area contributed by atoms with Crippen molar-refractivity contribution in [2.75, 3.05) is 13.1 Å². The molecule has 0 radical (unpaired) electrons. The Kier molecular flexibility index (Phi) is 3.29. The summed E-state index contributed by atoms with van der Waals surface area (Å²) in [5.74, 6) is 1.12. The second-order valence-electron chi connectivity index (χ2n) is 4.80. The van der Waals surface area contributed by atoms with E-state index in [-0.39, 0.29) is 0 Å². The molecule has 1 N–H and O–H groups in total. The zero-order chi connectivity index (χ0) is 10.8. The molecule has 86 valence electrons. The van der Waals surface area contributed by atoms with Crippen LogP contribution in [0, 0.1) is 5.92 Å². The maximum Gasteiger partial charge on any atom is 0.236 e. The zero-order valence-electron chi connectivity index (χ0n) is 9.83. The molecular weight excluding hydrogens is 188 g/mol. The van der Waals surface area contributed by atoms with Gasteiger partial charge in [0.25, 0.3) is 0 Å². The normalized spacial score (nSPS) is 28.9.